The number of hydrogen-bond donors (Lipinski definition) is 1. The molecule has 2 aromatic carbocycles. The molecule has 4 nitrogen and oxygen atoms in total. The molecule has 0 aliphatic heterocycles. The predicted molar refractivity (Wildman–Crippen MR) is 93.4 cm³/mol. The summed E-state index contributed by atoms with van der Waals surface area (Å²) in [4.78, 5) is 11.8. The molecule has 0 fully saturated rings. The zero-order valence-corrected chi connectivity index (χ0v) is 14.1. The van der Waals surface area contributed by atoms with Crippen molar-refractivity contribution in [1.82, 2.24) is 5.43 Å². The van der Waals surface area contributed by atoms with E-state index in [2.05, 4.69) is 10.5 Å². The minimum atomic E-state index is -0.340. The minimum Gasteiger partial charge on any atom is -0.484 e. The first-order valence-electron chi connectivity index (χ1n) is 7.08. The number of nitrogens with zero attached hydrogens (tertiary/aromatic N) is 1. The number of hydrazone groups is 1. The molecule has 0 saturated carbocycles. The number of amides is 1. The molecule has 0 aromatic heterocycles. The molecule has 23 heavy (non-hydrogen) atoms. The van der Waals surface area contributed by atoms with Crippen LogP contribution in [0.1, 0.15) is 18.9 Å². The normalized spacial score (nSPS) is 11.2. The molecule has 6 heteroatoms. The maximum Gasteiger partial charge on any atom is 0.277 e. The van der Waals surface area contributed by atoms with Gasteiger partial charge in [-0.2, -0.15) is 5.10 Å². The van der Waals surface area contributed by atoms with Crippen LogP contribution < -0.4 is 10.2 Å². The maximum absolute atomic E-state index is 11.8. The van der Waals surface area contributed by atoms with Crippen LogP contribution in [0.25, 0.3) is 0 Å². The van der Waals surface area contributed by atoms with Gasteiger partial charge in [0.2, 0.25) is 0 Å². The van der Waals surface area contributed by atoms with E-state index in [0.717, 1.165) is 11.3 Å². The number of hydrogen-bond acceptors (Lipinski definition) is 3. The van der Waals surface area contributed by atoms with Gasteiger partial charge in [0.15, 0.2) is 6.61 Å². The van der Waals surface area contributed by atoms with E-state index in [0.29, 0.717) is 22.2 Å². The summed E-state index contributed by atoms with van der Waals surface area (Å²) in [5, 5.41) is 5.37. The van der Waals surface area contributed by atoms with Gasteiger partial charge >= 0.3 is 0 Å². The Hall–Kier alpha value is -2.04. The lowest BCUT2D eigenvalue weighted by molar-refractivity contribution is -0.123. The average Bonchev–Trinajstić information content (AvgIpc) is 2.55. The highest BCUT2D eigenvalue weighted by molar-refractivity contribution is 6.31. The summed E-state index contributed by atoms with van der Waals surface area (Å²) < 4.78 is 5.35. The Balaban J connectivity index is 1.92. The third-order valence-electron chi connectivity index (χ3n) is 2.99. The Bertz CT molecular complexity index is 700. The summed E-state index contributed by atoms with van der Waals surface area (Å²) in [5.41, 5.74) is 4.11. The smallest absolute Gasteiger partial charge is 0.277 e. The van der Waals surface area contributed by atoms with Gasteiger partial charge < -0.3 is 4.74 Å². The Kier molecular flexibility index (Phi) is 6.44. The molecule has 2 rings (SSSR count). The fourth-order valence-electron chi connectivity index (χ4n) is 1.86. The van der Waals surface area contributed by atoms with Crippen molar-refractivity contribution in [3.63, 3.8) is 0 Å². The molecule has 0 spiro atoms. The number of nitrogens with one attached hydrogen (secondary N) is 1. The van der Waals surface area contributed by atoms with Crippen molar-refractivity contribution in [2.24, 2.45) is 5.10 Å². The number of rotatable bonds is 6. The molecule has 0 aliphatic rings. The van der Waals surface area contributed by atoms with Crippen LogP contribution in [0.3, 0.4) is 0 Å². The number of carbonyl (C=O) groups is 1. The lowest BCUT2D eigenvalue weighted by Crippen LogP contribution is -2.26. The second-order valence-electron chi connectivity index (χ2n) is 4.70. The second-order valence-corrected chi connectivity index (χ2v) is 5.57. The van der Waals surface area contributed by atoms with E-state index < -0.39 is 0 Å². The molecule has 0 bridgehead atoms. The maximum atomic E-state index is 11.8. The number of halogens is 2. The van der Waals surface area contributed by atoms with E-state index in [4.69, 9.17) is 27.9 Å². The van der Waals surface area contributed by atoms with Crippen molar-refractivity contribution in [2.75, 3.05) is 6.61 Å². The SMILES string of the molecule is CC/C(=N\NC(=O)COc1ccc(Cl)cc1)c1cccc(Cl)c1. The van der Waals surface area contributed by atoms with Gasteiger partial charge in [0.05, 0.1) is 5.71 Å². The Morgan fingerprint density at radius 3 is 2.52 bits per heavy atom. The van der Waals surface area contributed by atoms with Crippen molar-refractivity contribution in [2.45, 2.75) is 13.3 Å². The van der Waals surface area contributed by atoms with Gasteiger partial charge in [-0.1, -0.05) is 42.3 Å². The molecule has 1 amide bonds. The monoisotopic (exact) mass is 350 g/mol. The van der Waals surface area contributed by atoms with Gasteiger partial charge in [-0.3, -0.25) is 4.79 Å². The summed E-state index contributed by atoms with van der Waals surface area (Å²) in [7, 11) is 0. The van der Waals surface area contributed by atoms with Crippen LogP contribution in [0.2, 0.25) is 10.0 Å². The molecular weight excluding hydrogens is 335 g/mol. The Morgan fingerprint density at radius 1 is 1.13 bits per heavy atom. The van der Waals surface area contributed by atoms with Crippen molar-refractivity contribution in [3.05, 3.63) is 64.1 Å². The van der Waals surface area contributed by atoms with E-state index in [9.17, 15) is 4.79 Å². The average molecular weight is 351 g/mol. The number of benzene rings is 2. The highest BCUT2D eigenvalue weighted by atomic mass is 35.5. The molecule has 0 saturated heterocycles. The van der Waals surface area contributed by atoms with Gasteiger partial charge in [0, 0.05) is 10.0 Å². The fraction of sp³-hybridized carbons (Fsp3) is 0.176. The van der Waals surface area contributed by atoms with Crippen LogP contribution in [0.5, 0.6) is 5.75 Å². The molecule has 0 atom stereocenters. The zero-order valence-electron chi connectivity index (χ0n) is 12.6. The Morgan fingerprint density at radius 2 is 1.87 bits per heavy atom. The molecule has 2 aromatic rings. The van der Waals surface area contributed by atoms with Crippen molar-refractivity contribution in [1.29, 1.82) is 0 Å². The number of ether oxygens (including phenoxy) is 1. The lowest BCUT2D eigenvalue weighted by Gasteiger charge is -2.07. The first-order valence-corrected chi connectivity index (χ1v) is 7.83. The first kappa shape index (κ1) is 17.3. The third-order valence-corrected chi connectivity index (χ3v) is 3.48. The van der Waals surface area contributed by atoms with E-state index in [-0.39, 0.29) is 12.5 Å². The molecule has 0 heterocycles. The highest BCUT2D eigenvalue weighted by Gasteiger charge is 2.05. The molecule has 0 unspecified atom stereocenters. The molecule has 0 radical (unpaired) electrons. The van der Waals surface area contributed by atoms with Crippen LogP contribution in [-0.2, 0) is 4.79 Å². The van der Waals surface area contributed by atoms with Gasteiger partial charge in [-0.05, 0) is 48.4 Å². The molecule has 1 N–H and O–H groups in total. The first-order chi connectivity index (χ1) is 11.1. The second kappa shape index (κ2) is 8.56. The topological polar surface area (TPSA) is 50.7 Å². The summed E-state index contributed by atoms with van der Waals surface area (Å²) in [5.74, 6) is 0.229. The van der Waals surface area contributed by atoms with Gasteiger partial charge in [0.25, 0.3) is 5.91 Å². The van der Waals surface area contributed by atoms with Crippen LogP contribution in [-0.4, -0.2) is 18.2 Å². The largest absolute Gasteiger partial charge is 0.484 e. The third kappa shape index (κ3) is 5.58. The van der Waals surface area contributed by atoms with E-state index >= 15 is 0 Å². The van der Waals surface area contributed by atoms with E-state index in [1.807, 2.05) is 19.1 Å². The van der Waals surface area contributed by atoms with Crippen molar-refractivity contribution >= 4 is 34.8 Å². The summed E-state index contributed by atoms with van der Waals surface area (Å²) in [6, 6.07) is 14.1. The van der Waals surface area contributed by atoms with E-state index in [1.54, 1.807) is 36.4 Å². The van der Waals surface area contributed by atoms with Crippen LogP contribution in [0, 0.1) is 0 Å². The summed E-state index contributed by atoms with van der Waals surface area (Å²) in [6.07, 6.45) is 0.665. The quantitative estimate of drug-likeness (QED) is 0.623. The molecule has 0 aliphatic carbocycles. The van der Waals surface area contributed by atoms with Crippen LogP contribution in [0.15, 0.2) is 53.6 Å². The van der Waals surface area contributed by atoms with Crippen LogP contribution >= 0.6 is 23.2 Å². The minimum absolute atomic E-state index is 0.127. The summed E-state index contributed by atoms with van der Waals surface area (Å²) in [6.45, 7) is 1.83. The lowest BCUT2D eigenvalue weighted by atomic mass is 10.1. The fourth-order valence-corrected chi connectivity index (χ4v) is 2.17. The van der Waals surface area contributed by atoms with Crippen LogP contribution in [0.4, 0.5) is 0 Å². The van der Waals surface area contributed by atoms with Crippen molar-refractivity contribution in [3.8, 4) is 5.75 Å². The summed E-state index contributed by atoms with van der Waals surface area (Å²) >= 11 is 11.7. The van der Waals surface area contributed by atoms with Gasteiger partial charge in [-0.15, -0.1) is 0 Å². The number of carbonyl (C=O) groups excluding carboxylic acids is 1. The molecule has 120 valence electrons. The van der Waals surface area contributed by atoms with Crippen molar-refractivity contribution < 1.29 is 9.53 Å². The highest BCUT2D eigenvalue weighted by Crippen LogP contribution is 2.15. The Labute approximate surface area is 145 Å². The predicted octanol–water partition coefficient (Wildman–Crippen LogP) is 4.30. The van der Waals surface area contributed by atoms with Gasteiger partial charge in [-0.25, -0.2) is 5.43 Å². The standard InChI is InChI=1S/C17H16Cl2N2O2/c1-2-16(12-4-3-5-14(19)10-12)20-21-17(22)11-23-15-8-6-13(18)7-9-15/h3-10H,2,11H2,1H3,(H,21,22)/b20-16+. The van der Waals surface area contributed by atoms with E-state index in [1.165, 1.54) is 0 Å². The zero-order chi connectivity index (χ0) is 16.7. The molecular formula is C17H16Cl2N2O2. The van der Waals surface area contributed by atoms with Gasteiger partial charge in [0.1, 0.15) is 5.75 Å².